The lowest BCUT2D eigenvalue weighted by Crippen LogP contribution is -2.25. The fraction of sp³-hybridized carbons (Fsp3) is 0.292. The minimum atomic E-state index is -0.757. The molecule has 0 aliphatic heterocycles. The van der Waals surface area contributed by atoms with Crippen LogP contribution in [-0.2, 0) is 4.79 Å². The Bertz CT molecular complexity index is 1340. The lowest BCUT2D eigenvalue weighted by Gasteiger charge is -2.27. The number of rotatable bonds is 6. The molecule has 0 amide bonds. The summed E-state index contributed by atoms with van der Waals surface area (Å²) in [5.41, 5.74) is 2.69. The smallest absolute Gasteiger partial charge is 0.316 e. The first-order valence-corrected chi connectivity index (χ1v) is 11.3. The molecule has 4 aromatic rings. The number of carboxylic acids is 1. The number of imidazole rings is 1. The van der Waals surface area contributed by atoms with Crippen molar-refractivity contribution in [3.05, 3.63) is 53.7 Å². The molecule has 5 rings (SSSR count). The second-order valence-corrected chi connectivity index (χ2v) is 8.85. The summed E-state index contributed by atoms with van der Waals surface area (Å²) in [6, 6.07) is 6.75. The Hall–Kier alpha value is -3.59. The van der Waals surface area contributed by atoms with Gasteiger partial charge in [-0.25, -0.2) is 24.3 Å². The van der Waals surface area contributed by atoms with Gasteiger partial charge in [-0.3, -0.25) is 4.79 Å². The minimum absolute atomic E-state index is 0.0270. The fourth-order valence-corrected chi connectivity index (χ4v) is 4.41. The number of nitrogens with zero attached hydrogens (tertiary/aromatic N) is 4. The highest BCUT2D eigenvalue weighted by atomic mass is 35.5. The van der Waals surface area contributed by atoms with Gasteiger partial charge in [0.05, 0.1) is 10.6 Å². The molecule has 0 radical (unpaired) electrons. The Morgan fingerprint density at radius 1 is 1.09 bits per heavy atom. The zero-order valence-corrected chi connectivity index (χ0v) is 18.8. The molecule has 34 heavy (non-hydrogen) atoms. The van der Waals surface area contributed by atoms with Crippen LogP contribution in [0.1, 0.15) is 32.1 Å². The predicted octanol–water partition coefficient (Wildman–Crippen LogP) is 5.29. The Morgan fingerprint density at radius 2 is 1.85 bits per heavy atom. The third-order valence-electron chi connectivity index (χ3n) is 6.02. The van der Waals surface area contributed by atoms with E-state index in [1.54, 1.807) is 30.6 Å². The van der Waals surface area contributed by atoms with E-state index < -0.39 is 11.8 Å². The highest BCUT2D eigenvalue weighted by Gasteiger charge is 2.24. The van der Waals surface area contributed by atoms with Crippen molar-refractivity contribution in [2.75, 3.05) is 0 Å². The number of benzene rings is 1. The molecule has 0 saturated heterocycles. The number of halogens is 2. The molecule has 0 unspecified atom stereocenters. The van der Waals surface area contributed by atoms with Gasteiger partial charge in [0.15, 0.2) is 5.65 Å². The van der Waals surface area contributed by atoms with E-state index in [1.165, 1.54) is 12.3 Å². The van der Waals surface area contributed by atoms with E-state index in [-0.39, 0.29) is 24.5 Å². The maximum Gasteiger partial charge on any atom is 0.316 e. The summed E-state index contributed by atoms with van der Waals surface area (Å²) in [7, 11) is 0. The summed E-state index contributed by atoms with van der Waals surface area (Å²) in [6.07, 6.45) is 8.06. The summed E-state index contributed by atoms with van der Waals surface area (Å²) >= 11 is 5.95. The number of nitrogens with one attached hydrogen (secondary N) is 1. The molecule has 0 atom stereocenters. The molecule has 3 heterocycles. The number of carbonyl (C=O) groups is 1. The summed E-state index contributed by atoms with van der Waals surface area (Å²) in [5, 5.41) is 9.39. The van der Waals surface area contributed by atoms with Crippen LogP contribution in [0.5, 0.6) is 6.01 Å². The number of hydrogen-bond donors (Lipinski definition) is 2. The Morgan fingerprint density at radius 3 is 2.56 bits per heavy atom. The maximum atomic E-state index is 14.9. The van der Waals surface area contributed by atoms with Crippen LogP contribution in [0.15, 0.2) is 42.9 Å². The molecular formula is C24H21ClFN5O3. The predicted molar refractivity (Wildman–Crippen MR) is 124 cm³/mol. The van der Waals surface area contributed by atoms with Crippen molar-refractivity contribution in [2.24, 2.45) is 5.92 Å². The van der Waals surface area contributed by atoms with Gasteiger partial charge in [-0.2, -0.15) is 0 Å². The van der Waals surface area contributed by atoms with E-state index in [2.05, 4.69) is 24.9 Å². The van der Waals surface area contributed by atoms with Crippen LogP contribution in [-0.4, -0.2) is 42.1 Å². The van der Waals surface area contributed by atoms with E-state index in [1.807, 2.05) is 0 Å². The first kappa shape index (κ1) is 22.2. The third kappa shape index (κ3) is 4.84. The highest BCUT2D eigenvalue weighted by molar-refractivity contribution is 6.31. The van der Waals surface area contributed by atoms with Gasteiger partial charge in [-0.1, -0.05) is 17.7 Å². The average Bonchev–Trinajstić information content (AvgIpc) is 3.23. The lowest BCUT2D eigenvalue weighted by molar-refractivity contribution is -0.138. The van der Waals surface area contributed by atoms with Crippen LogP contribution < -0.4 is 4.74 Å². The number of carboxylic acid groups (broad SMARTS) is 1. The van der Waals surface area contributed by atoms with Gasteiger partial charge in [0.25, 0.3) is 0 Å². The number of pyridine rings is 1. The van der Waals surface area contributed by atoms with Crippen LogP contribution in [0.25, 0.3) is 33.7 Å². The zero-order valence-electron chi connectivity index (χ0n) is 18.0. The molecule has 1 saturated carbocycles. The molecule has 0 bridgehead atoms. The zero-order chi connectivity index (χ0) is 23.7. The van der Waals surface area contributed by atoms with Crippen molar-refractivity contribution < 1.29 is 19.0 Å². The summed E-state index contributed by atoms with van der Waals surface area (Å²) in [6.45, 7) is 0. The van der Waals surface area contributed by atoms with Crippen molar-refractivity contribution >= 4 is 28.7 Å². The van der Waals surface area contributed by atoms with Crippen molar-refractivity contribution in [2.45, 2.75) is 38.2 Å². The number of fused-ring (bicyclic) bond motifs is 1. The number of aromatic nitrogens is 5. The molecule has 3 aromatic heterocycles. The van der Waals surface area contributed by atoms with Crippen molar-refractivity contribution in [1.82, 2.24) is 24.9 Å². The number of aliphatic carboxylic acids is 1. The Labute approximate surface area is 199 Å². The molecular weight excluding hydrogens is 461 g/mol. The number of ether oxygens (including phenoxy) is 1. The monoisotopic (exact) mass is 481 g/mol. The number of hydrogen-bond acceptors (Lipinski definition) is 6. The highest BCUT2D eigenvalue weighted by Crippen LogP contribution is 2.30. The van der Waals surface area contributed by atoms with Gasteiger partial charge >= 0.3 is 12.0 Å². The van der Waals surface area contributed by atoms with Crippen LogP contribution in [0.2, 0.25) is 5.02 Å². The quantitative estimate of drug-likeness (QED) is 0.384. The normalized spacial score (nSPS) is 18.2. The molecule has 1 aromatic carbocycles. The second-order valence-electron chi connectivity index (χ2n) is 8.41. The maximum absolute atomic E-state index is 14.9. The van der Waals surface area contributed by atoms with E-state index in [4.69, 9.17) is 21.4 Å². The molecule has 1 fully saturated rings. The Balaban J connectivity index is 1.26. The van der Waals surface area contributed by atoms with Crippen LogP contribution in [0.4, 0.5) is 4.39 Å². The van der Waals surface area contributed by atoms with Gasteiger partial charge in [0.2, 0.25) is 0 Å². The Kier molecular flexibility index (Phi) is 6.10. The minimum Gasteiger partial charge on any atom is -0.481 e. The van der Waals surface area contributed by atoms with E-state index in [0.29, 0.717) is 38.7 Å². The van der Waals surface area contributed by atoms with Gasteiger partial charge in [0.1, 0.15) is 23.3 Å². The van der Waals surface area contributed by atoms with Crippen LogP contribution in [0.3, 0.4) is 0 Å². The van der Waals surface area contributed by atoms with E-state index in [9.17, 15) is 9.18 Å². The van der Waals surface area contributed by atoms with E-state index >= 15 is 0 Å². The summed E-state index contributed by atoms with van der Waals surface area (Å²) in [5.74, 6) is -0.632. The van der Waals surface area contributed by atoms with Crippen LogP contribution in [0, 0.1) is 11.7 Å². The first-order chi connectivity index (χ1) is 16.4. The fourth-order valence-electron chi connectivity index (χ4n) is 4.26. The molecule has 2 N–H and O–H groups in total. The molecule has 1 aliphatic carbocycles. The standard InChI is InChI=1S/C24H21ClFN5O3/c25-16-9-20-23(27-12-16)31-22(30-20)18-6-3-14(8-19(18)26)15-10-28-24(29-11-15)34-17-4-1-13(2-5-17)7-21(32)33/h3,6,8-13,17H,1-2,4-5,7H2,(H,32,33)(H,27,30,31). The molecule has 1 aliphatic rings. The van der Waals surface area contributed by atoms with Gasteiger partial charge in [-0.15, -0.1) is 0 Å². The van der Waals surface area contributed by atoms with Crippen molar-refractivity contribution in [3.63, 3.8) is 0 Å². The van der Waals surface area contributed by atoms with E-state index in [0.717, 1.165) is 25.7 Å². The largest absolute Gasteiger partial charge is 0.481 e. The van der Waals surface area contributed by atoms with Crippen molar-refractivity contribution in [3.8, 4) is 28.5 Å². The van der Waals surface area contributed by atoms with Gasteiger partial charge in [0, 0.05) is 30.6 Å². The average molecular weight is 482 g/mol. The van der Waals surface area contributed by atoms with Crippen molar-refractivity contribution in [1.29, 1.82) is 0 Å². The molecule has 174 valence electrons. The second kappa shape index (κ2) is 9.34. The van der Waals surface area contributed by atoms with Gasteiger partial charge in [-0.05, 0) is 55.4 Å². The SMILES string of the molecule is O=C(O)CC1CCC(Oc2ncc(-c3ccc(-c4nc5cc(Cl)cnc5[nH]4)c(F)c3)cn2)CC1. The molecule has 8 nitrogen and oxygen atoms in total. The molecule has 0 spiro atoms. The first-order valence-electron chi connectivity index (χ1n) is 11.0. The number of aromatic amines is 1. The van der Waals surface area contributed by atoms with Crippen LogP contribution >= 0.6 is 11.6 Å². The summed E-state index contributed by atoms with van der Waals surface area (Å²) < 4.78 is 20.8. The topological polar surface area (TPSA) is 114 Å². The summed E-state index contributed by atoms with van der Waals surface area (Å²) in [4.78, 5) is 31.0. The van der Waals surface area contributed by atoms with Gasteiger partial charge < -0.3 is 14.8 Å². The number of H-pyrrole nitrogens is 1. The third-order valence-corrected chi connectivity index (χ3v) is 6.22. The molecule has 10 heteroatoms. The lowest BCUT2D eigenvalue weighted by atomic mass is 9.85.